The third-order valence-corrected chi connectivity index (χ3v) is 2.10. The van der Waals surface area contributed by atoms with E-state index in [1.165, 1.54) is 0 Å². The first kappa shape index (κ1) is 13.0. The van der Waals surface area contributed by atoms with Crippen LogP contribution in [0.2, 0.25) is 0 Å². The maximum Gasteiger partial charge on any atom is 0.319 e. The number of nitriles is 1. The molecule has 0 heterocycles. The molecule has 2 N–H and O–H groups in total. The number of nitrogens with one attached hydrogen (secondary N) is 2. The minimum atomic E-state index is -0.287. The first-order valence-electron chi connectivity index (χ1n) is 5.42. The van der Waals surface area contributed by atoms with Crippen molar-refractivity contribution in [2.24, 2.45) is 0 Å². The highest BCUT2D eigenvalue weighted by molar-refractivity contribution is 5.90. The molecule has 1 aromatic carbocycles. The van der Waals surface area contributed by atoms with Crippen LogP contribution in [0, 0.1) is 18.3 Å². The summed E-state index contributed by atoms with van der Waals surface area (Å²) >= 11 is 0. The molecule has 0 unspecified atom stereocenters. The van der Waals surface area contributed by atoms with Gasteiger partial charge in [-0.3, -0.25) is 0 Å². The zero-order chi connectivity index (χ0) is 13.1. The lowest BCUT2D eigenvalue weighted by Crippen LogP contribution is -2.43. The van der Waals surface area contributed by atoms with E-state index in [1.54, 1.807) is 12.1 Å². The van der Waals surface area contributed by atoms with Crippen LogP contribution in [0.4, 0.5) is 10.5 Å². The van der Waals surface area contributed by atoms with Crippen LogP contribution < -0.4 is 10.6 Å². The van der Waals surface area contributed by atoms with Crippen molar-refractivity contribution in [1.82, 2.24) is 5.32 Å². The number of hydrogen-bond donors (Lipinski definition) is 2. The third kappa shape index (κ3) is 4.15. The Labute approximate surface area is 102 Å². The van der Waals surface area contributed by atoms with Gasteiger partial charge >= 0.3 is 6.03 Å². The predicted octanol–water partition coefficient (Wildman–Crippen LogP) is 2.79. The van der Waals surface area contributed by atoms with Gasteiger partial charge in [-0.25, -0.2) is 4.79 Å². The SMILES string of the molecule is Cc1ccc(C#N)cc1NC(=O)NC(C)(C)C. The molecule has 2 amide bonds. The molecular weight excluding hydrogens is 214 g/mol. The first-order chi connectivity index (χ1) is 7.81. The van der Waals surface area contributed by atoms with Gasteiger partial charge in [0.05, 0.1) is 11.6 Å². The zero-order valence-electron chi connectivity index (χ0n) is 10.6. The highest BCUT2D eigenvalue weighted by Gasteiger charge is 2.14. The minimum Gasteiger partial charge on any atom is -0.333 e. The summed E-state index contributed by atoms with van der Waals surface area (Å²) in [4.78, 5) is 11.7. The van der Waals surface area contributed by atoms with Gasteiger partial charge in [-0.1, -0.05) is 6.07 Å². The molecule has 4 heteroatoms. The van der Waals surface area contributed by atoms with E-state index in [2.05, 4.69) is 10.6 Å². The topological polar surface area (TPSA) is 64.9 Å². The van der Waals surface area contributed by atoms with Crippen molar-refractivity contribution in [3.8, 4) is 6.07 Å². The van der Waals surface area contributed by atoms with E-state index < -0.39 is 0 Å². The fraction of sp³-hybridized carbons (Fsp3) is 0.385. The minimum absolute atomic E-state index is 0.268. The second kappa shape index (κ2) is 4.88. The smallest absolute Gasteiger partial charge is 0.319 e. The van der Waals surface area contributed by atoms with Gasteiger partial charge in [0.2, 0.25) is 0 Å². The Hall–Kier alpha value is -2.02. The van der Waals surface area contributed by atoms with Gasteiger partial charge in [0, 0.05) is 11.2 Å². The molecule has 0 fully saturated rings. The van der Waals surface area contributed by atoms with Crippen molar-refractivity contribution in [1.29, 1.82) is 5.26 Å². The van der Waals surface area contributed by atoms with Crippen LogP contribution in [0.25, 0.3) is 0 Å². The lowest BCUT2D eigenvalue weighted by Gasteiger charge is -2.21. The molecule has 0 saturated carbocycles. The summed E-state index contributed by atoms with van der Waals surface area (Å²) < 4.78 is 0. The van der Waals surface area contributed by atoms with E-state index in [0.29, 0.717) is 11.3 Å². The van der Waals surface area contributed by atoms with Crippen LogP contribution in [0.15, 0.2) is 18.2 Å². The normalized spacial score (nSPS) is 10.5. The molecule has 0 saturated heterocycles. The number of carbonyl (C=O) groups excluding carboxylic acids is 1. The molecule has 0 spiro atoms. The summed E-state index contributed by atoms with van der Waals surface area (Å²) in [6.07, 6.45) is 0. The molecule has 0 atom stereocenters. The lowest BCUT2D eigenvalue weighted by molar-refractivity contribution is 0.244. The molecule has 0 aromatic heterocycles. The van der Waals surface area contributed by atoms with Crippen molar-refractivity contribution >= 4 is 11.7 Å². The summed E-state index contributed by atoms with van der Waals surface area (Å²) in [5, 5.41) is 14.3. The van der Waals surface area contributed by atoms with E-state index in [1.807, 2.05) is 39.8 Å². The van der Waals surface area contributed by atoms with Gasteiger partial charge in [-0.15, -0.1) is 0 Å². The Morgan fingerprint density at radius 1 is 1.35 bits per heavy atom. The Bertz CT molecular complexity index is 467. The number of benzene rings is 1. The number of aryl methyl sites for hydroxylation is 1. The zero-order valence-corrected chi connectivity index (χ0v) is 10.6. The van der Waals surface area contributed by atoms with Crippen molar-refractivity contribution < 1.29 is 4.79 Å². The molecule has 1 aromatic rings. The van der Waals surface area contributed by atoms with Crippen LogP contribution in [-0.4, -0.2) is 11.6 Å². The van der Waals surface area contributed by atoms with Crippen LogP contribution >= 0.6 is 0 Å². The van der Waals surface area contributed by atoms with Gasteiger partial charge in [0.15, 0.2) is 0 Å². The molecule has 0 bridgehead atoms. The average Bonchev–Trinajstić information content (AvgIpc) is 2.18. The summed E-state index contributed by atoms with van der Waals surface area (Å²) in [7, 11) is 0. The number of carbonyl (C=O) groups is 1. The predicted molar refractivity (Wildman–Crippen MR) is 67.8 cm³/mol. The fourth-order valence-corrected chi connectivity index (χ4v) is 1.32. The van der Waals surface area contributed by atoms with Crippen molar-refractivity contribution in [2.45, 2.75) is 33.2 Å². The summed E-state index contributed by atoms with van der Waals surface area (Å²) in [5.74, 6) is 0. The maximum atomic E-state index is 11.7. The molecule has 1 rings (SSSR count). The van der Waals surface area contributed by atoms with E-state index in [9.17, 15) is 4.79 Å². The monoisotopic (exact) mass is 231 g/mol. The Kier molecular flexibility index (Phi) is 3.74. The number of urea groups is 1. The van der Waals surface area contributed by atoms with Gasteiger partial charge < -0.3 is 10.6 Å². The molecule has 0 radical (unpaired) electrons. The summed E-state index contributed by atoms with van der Waals surface area (Å²) in [6.45, 7) is 7.61. The maximum absolute atomic E-state index is 11.7. The van der Waals surface area contributed by atoms with E-state index in [-0.39, 0.29) is 11.6 Å². The van der Waals surface area contributed by atoms with Gasteiger partial charge in [0.1, 0.15) is 0 Å². The van der Waals surface area contributed by atoms with E-state index in [0.717, 1.165) is 5.56 Å². The molecule has 0 aliphatic rings. The Morgan fingerprint density at radius 3 is 2.53 bits per heavy atom. The first-order valence-corrected chi connectivity index (χ1v) is 5.42. The van der Waals surface area contributed by atoms with Crippen LogP contribution in [-0.2, 0) is 0 Å². The molecule has 17 heavy (non-hydrogen) atoms. The van der Waals surface area contributed by atoms with Crippen molar-refractivity contribution in [3.63, 3.8) is 0 Å². The Morgan fingerprint density at radius 2 is 2.00 bits per heavy atom. The molecular formula is C13H17N3O. The van der Waals surface area contributed by atoms with Crippen molar-refractivity contribution in [2.75, 3.05) is 5.32 Å². The van der Waals surface area contributed by atoms with Crippen molar-refractivity contribution in [3.05, 3.63) is 29.3 Å². The average molecular weight is 231 g/mol. The quantitative estimate of drug-likeness (QED) is 0.780. The number of rotatable bonds is 1. The lowest BCUT2D eigenvalue weighted by atomic mass is 10.1. The number of hydrogen-bond acceptors (Lipinski definition) is 2. The van der Waals surface area contributed by atoms with Gasteiger partial charge in [0.25, 0.3) is 0 Å². The number of nitrogens with zero attached hydrogens (tertiary/aromatic N) is 1. The standard InChI is InChI=1S/C13H17N3O/c1-9-5-6-10(8-14)7-11(9)15-12(17)16-13(2,3)4/h5-7H,1-4H3,(H2,15,16,17). The fourth-order valence-electron chi connectivity index (χ4n) is 1.32. The second-order valence-corrected chi connectivity index (χ2v) is 4.97. The van der Waals surface area contributed by atoms with E-state index in [4.69, 9.17) is 5.26 Å². The van der Waals surface area contributed by atoms with E-state index >= 15 is 0 Å². The third-order valence-electron chi connectivity index (χ3n) is 2.10. The molecule has 0 aliphatic carbocycles. The summed E-state index contributed by atoms with van der Waals surface area (Å²) in [5.41, 5.74) is 1.82. The molecule has 4 nitrogen and oxygen atoms in total. The van der Waals surface area contributed by atoms with Gasteiger partial charge in [-0.05, 0) is 45.4 Å². The second-order valence-electron chi connectivity index (χ2n) is 4.97. The molecule has 90 valence electrons. The van der Waals surface area contributed by atoms with Gasteiger partial charge in [-0.2, -0.15) is 5.26 Å². The van der Waals surface area contributed by atoms with Crippen LogP contribution in [0.3, 0.4) is 0 Å². The van der Waals surface area contributed by atoms with Crippen LogP contribution in [0.1, 0.15) is 31.9 Å². The largest absolute Gasteiger partial charge is 0.333 e. The molecule has 0 aliphatic heterocycles. The Balaban J connectivity index is 2.82. The highest BCUT2D eigenvalue weighted by Crippen LogP contribution is 2.16. The summed E-state index contributed by atoms with van der Waals surface area (Å²) in [6, 6.07) is 6.98. The number of anilines is 1. The number of amides is 2. The van der Waals surface area contributed by atoms with Crippen LogP contribution in [0.5, 0.6) is 0 Å². The highest BCUT2D eigenvalue weighted by atomic mass is 16.2.